The van der Waals surface area contributed by atoms with Crippen LogP contribution in [0.2, 0.25) is 0 Å². The Bertz CT molecular complexity index is 522. The van der Waals surface area contributed by atoms with Gasteiger partial charge in [-0.05, 0) is 12.0 Å². The van der Waals surface area contributed by atoms with Gasteiger partial charge in [0.1, 0.15) is 0 Å². The Morgan fingerprint density at radius 2 is 1.91 bits per heavy atom. The van der Waals surface area contributed by atoms with Gasteiger partial charge in [-0.15, -0.1) is 0 Å². The summed E-state index contributed by atoms with van der Waals surface area (Å²) in [5.41, 5.74) is 1.08. The Labute approximate surface area is 140 Å². The highest BCUT2D eigenvalue weighted by atomic mass is 32.2. The van der Waals surface area contributed by atoms with Crippen molar-refractivity contribution in [2.75, 3.05) is 19.4 Å². The van der Waals surface area contributed by atoms with E-state index in [0.717, 1.165) is 5.56 Å². The van der Waals surface area contributed by atoms with Gasteiger partial charge in [-0.3, -0.25) is 9.59 Å². The highest BCUT2D eigenvalue weighted by Crippen LogP contribution is 2.09. The minimum atomic E-state index is -0.377. The SMILES string of the molecule is COC(=O)CCNC(=O)NC(CSC(C)=O)Cc1ccccc1. The molecule has 0 fully saturated rings. The van der Waals surface area contributed by atoms with Crippen molar-refractivity contribution < 1.29 is 19.1 Å². The fraction of sp³-hybridized carbons (Fsp3) is 0.438. The molecule has 1 aromatic rings. The summed E-state index contributed by atoms with van der Waals surface area (Å²) >= 11 is 1.18. The molecule has 1 unspecified atom stereocenters. The van der Waals surface area contributed by atoms with Gasteiger partial charge in [0, 0.05) is 25.3 Å². The maximum absolute atomic E-state index is 11.9. The number of methoxy groups -OCH3 is 1. The van der Waals surface area contributed by atoms with Crippen molar-refractivity contribution in [2.45, 2.75) is 25.8 Å². The molecule has 0 aliphatic rings. The fourth-order valence-electron chi connectivity index (χ4n) is 1.88. The minimum Gasteiger partial charge on any atom is -0.469 e. The zero-order chi connectivity index (χ0) is 17.1. The zero-order valence-electron chi connectivity index (χ0n) is 13.3. The first-order valence-corrected chi connectivity index (χ1v) is 8.28. The second kappa shape index (κ2) is 10.7. The molecule has 23 heavy (non-hydrogen) atoms. The number of urea groups is 1. The number of carbonyl (C=O) groups excluding carboxylic acids is 3. The molecular weight excluding hydrogens is 316 g/mol. The van der Waals surface area contributed by atoms with Gasteiger partial charge in [-0.1, -0.05) is 42.1 Å². The topological polar surface area (TPSA) is 84.5 Å². The maximum Gasteiger partial charge on any atom is 0.315 e. The molecular formula is C16H22N2O4S. The molecule has 0 aliphatic heterocycles. The lowest BCUT2D eigenvalue weighted by Gasteiger charge is -2.18. The predicted octanol–water partition coefficient (Wildman–Crippen LogP) is 1.74. The Morgan fingerprint density at radius 3 is 2.52 bits per heavy atom. The summed E-state index contributed by atoms with van der Waals surface area (Å²) in [4.78, 5) is 34.0. The average Bonchev–Trinajstić information content (AvgIpc) is 2.53. The van der Waals surface area contributed by atoms with Crippen LogP contribution in [0.1, 0.15) is 18.9 Å². The number of ether oxygens (including phenoxy) is 1. The first-order valence-electron chi connectivity index (χ1n) is 7.29. The Morgan fingerprint density at radius 1 is 1.22 bits per heavy atom. The summed E-state index contributed by atoms with van der Waals surface area (Å²) in [6.45, 7) is 1.71. The number of benzene rings is 1. The van der Waals surface area contributed by atoms with Crippen LogP contribution in [0.3, 0.4) is 0 Å². The van der Waals surface area contributed by atoms with Gasteiger partial charge < -0.3 is 15.4 Å². The summed E-state index contributed by atoms with van der Waals surface area (Å²) in [5, 5.41) is 5.45. The molecule has 0 saturated heterocycles. The van der Waals surface area contributed by atoms with E-state index in [9.17, 15) is 14.4 Å². The van der Waals surface area contributed by atoms with E-state index in [1.807, 2.05) is 30.3 Å². The molecule has 1 atom stereocenters. The van der Waals surface area contributed by atoms with E-state index in [2.05, 4.69) is 15.4 Å². The van der Waals surface area contributed by atoms with Crippen LogP contribution >= 0.6 is 11.8 Å². The van der Waals surface area contributed by atoms with Crippen molar-refractivity contribution in [1.82, 2.24) is 10.6 Å². The first-order chi connectivity index (χ1) is 11.0. The van der Waals surface area contributed by atoms with E-state index < -0.39 is 0 Å². The quantitative estimate of drug-likeness (QED) is 0.705. The first kappa shape index (κ1) is 19.0. The van der Waals surface area contributed by atoms with Crippen molar-refractivity contribution in [3.05, 3.63) is 35.9 Å². The normalized spacial score (nSPS) is 11.4. The standard InChI is InChI=1S/C16H22N2O4S/c1-12(19)23-11-14(10-13-6-4-3-5-7-13)18-16(21)17-9-8-15(20)22-2/h3-7,14H,8-11H2,1-2H3,(H2,17,18,21). The lowest BCUT2D eigenvalue weighted by molar-refractivity contribution is -0.140. The molecule has 0 spiro atoms. The smallest absolute Gasteiger partial charge is 0.315 e. The van der Waals surface area contributed by atoms with E-state index in [1.54, 1.807) is 0 Å². The number of hydrogen-bond donors (Lipinski definition) is 2. The van der Waals surface area contributed by atoms with Crippen molar-refractivity contribution in [3.63, 3.8) is 0 Å². The summed E-state index contributed by atoms with van der Waals surface area (Å²) in [6, 6.07) is 9.20. The number of esters is 1. The summed E-state index contributed by atoms with van der Waals surface area (Å²) < 4.78 is 4.51. The van der Waals surface area contributed by atoms with Gasteiger partial charge in [0.05, 0.1) is 13.5 Å². The summed E-state index contributed by atoms with van der Waals surface area (Å²) in [5.74, 6) is 0.118. The van der Waals surface area contributed by atoms with E-state index in [1.165, 1.54) is 25.8 Å². The molecule has 126 valence electrons. The van der Waals surface area contributed by atoms with Gasteiger partial charge in [0.2, 0.25) is 0 Å². The van der Waals surface area contributed by atoms with E-state index in [0.29, 0.717) is 12.2 Å². The third-order valence-electron chi connectivity index (χ3n) is 2.99. The number of amides is 2. The Hall–Kier alpha value is -2.02. The Balaban J connectivity index is 2.49. The minimum absolute atomic E-state index is 0.0101. The lowest BCUT2D eigenvalue weighted by atomic mass is 10.1. The number of hydrogen-bond acceptors (Lipinski definition) is 5. The van der Waals surface area contributed by atoms with Crippen molar-refractivity contribution in [3.8, 4) is 0 Å². The number of carbonyl (C=O) groups is 3. The molecule has 0 bridgehead atoms. The molecule has 7 heteroatoms. The van der Waals surface area contributed by atoms with Gasteiger partial charge in [0.25, 0.3) is 0 Å². The van der Waals surface area contributed by atoms with Crippen LogP contribution in [0.25, 0.3) is 0 Å². The molecule has 1 aromatic carbocycles. The molecule has 6 nitrogen and oxygen atoms in total. The Kier molecular flexibility index (Phi) is 8.82. The second-order valence-corrected chi connectivity index (χ2v) is 6.11. The van der Waals surface area contributed by atoms with E-state index in [-0.39, 0.29) is 36.1 Å². The molecule has 0 heterocycles. The molecule has 2 amide bonds. The molecule has 0 saturated carbocycles. The van der Waals surface area contributed by atoms with Crippen molar-refractivity contribution in [2.24, 2.45) is 0 Å². The molecule has 0 aliphatic carbocycles. The molecule has 0 aromatic heterocycles. The predicted molar refractivity (Wildman–Crippen MR) is 90.2 cm³/mol. The molecule has 2 N–H and O–H groups in total. The molecule has 0 radical (unpaired) electrons. The number of rotatable bonds is 8. The van der Waals surface area contributed by atoms with Crippen molar-refractivity contribution in [1.29, 1.82) is 0 Å². The van der Waals surface area contributed by atoms with Crippen LogP contribution in [0.5, 0.6) is 0 Å². The van der Waals surface area contributed by atoms with Crippen molar-refractivity contribution >= 4 is 28.9 Å². The fourth-order valence-corrected chi connectivity index (χ4v) is 2.52. The largest absolute Gasteiger partial charge is 0.469 e. The monoisotopic (exact) mass is 338 g/mol. The summed E-state index contributed by atoms with van der Waals surface area (Å²) in [6.07, 6.45) is 0.751. The van der Waals surface area contributed by atoms with Gasteiger partial charge in [-0.2, -0.15) is 0 Å². The zero-order valence-corrected chi connectivity index (χ0v) is 14.2. The second-order valence-electron chi connectivity index (χ2n) is 4.92. The maximum atomic E-state index is 11.9. The van der Waals surface area contributed by atoms with Gasteiger partial charge >= 0.3 is 12.0 Å². The van der Waals surface area contributed by atoms with E-state index in [4.69, 9.17) is 0 Å². The summed E-state index contributed by atoms with van der Waals surface area (Å²) in [7, 11) is 1.30. The lowest BCUT2D eigenvalue weighted by Crippen LogP contribution is -2.45. The van der Waals surface area contributed by atoms with Crippen LogP contribution in [0, 0.1) is 0 Å². The van der Waals surface area contributed by atoms with Crippen LogP contribution in [-0.4, -0.2) is 42.6 Å². The number of thioether (sulfide) groups is 1. The highest BCUT2D eigenvalue weighted by molar-refractivity contribution is 8.13. The van der Waals surface area contributed by atoms with E-state index >= 15 is 0 Å². The van der Waals surface area contributed by atoms with Gasteiger partial charge in [-0.25, -0.2) is 4.79 Å². The van der Waals surface area contributed by atoms with Crippen LogP contribution in [-0.2, 0) is 20.7 Å². The average molecular weight is 338 g/mol. The van der Waals surface area contributed by atoms with Crippen LogP contribution < -0.4 is 10.6 Å². The third kappa shape index (κ3) is 8.87. The molecule has 1 rings (SSSR count). The third-order valence-corrected chi connectivity index (χ3v) is 3.97. The van der Waals surface area contributed by atoms with Crippen LogP contribution in [0.4, 0.5) is 4.79 Å². The van der Waals surface area contributed by atoms with Crippen LogP contribution in [0.15, 0.2) is 30.3 Å². The number of nitrogens with one attached hydrogen (secondary N) is 2. The van der Waals surface area contributed by atoms with Gasteiger partial charge in [0.15, 0.2) is 5.12 Å². The highest BCUT2D eigenvalue weighted by Gasteiger charge is 2.14.